The quantitative estimate of drug-likeness (QED) is 0.572. The SMILES string of the molecule is CCCSc1[nH]c2nc(CC(=O)O)[nH]c(=O)c2c1C(N)=O. The van der Waals surface area contributed by atoms with Gasteiger partial charge in [0.15, 0.2) is 0 Å². The number of aromatic nitrogens is 3. The van der Waals surface area contributed by atoms with Crippen molar-refractivity contribution in [2.45, 2.75) is 24.8 Å². The number of thioether (sulfide) groups is 1. The zero-order valence-corrected chi connectivity index (χ0v) is 12.0. The number of carbonyl (C=O) groups excluding carboxylic acids is 1. The molecule has 2 aromatic heterocycles. The summed E-state index contributed by atoms with van der Waals surface area (Å²) in [5.74, 6) is -1.07. The monoisotopic (exact) mass is 310 g/mol. The van der Waals surface area contributed by atoms with Gasteiger partial charge in [-0.15, -0.1) is 11.8 Å². The highest BCUT2D eigenvalue weighted by Gasteiger charge is 2.21. The van der Waals surface area contributed by atoms with Crippen molar-refractivity contribution in [2.75, 3.05) is 5.75 Å². The largest absolute Gasteiger partial charge is 0.481 e. The van der Waals surface area contributed by atoms with Crippen LogP contribution < -0.4 is 11.3 Å². The van der Waals surface area contributed by atoms with E-state index >= 15 is 0 Å². The summed E-state index contributed by atoms with van der Waals surface area (Å²) in [4.78, 5) is 43.6. The first-order valence-corrected chi connectivity index (χ1v) is 7.21. The number of carboxylic acid groups (broad SMARTS) is 1. The number of rotatable bonds is 6. The third-order valence-electron chi connectivity index (χ3n) is 2.69. The molecule has 21 heavy (non-hydrogen) atoms. The van der Waals surface area contributed by atoms with Gasteiger partial charge < -0.3 is 20.8 Å². The maximum atomic E-state index is 12.1. The number of nitrogens with zero attached hydrogens (tertiary/aromatic N) is 1. The second kappa shape index (κ2) is 6.00. The Kier molecular flexibility index (Phi) is 4.32. The number of aliphatic carboxylic acids is 1. The van der Waals surface area contributed by atoms with E-state index in [0.717, 1.165) is 12.2 Å². The second-order valence-electron chi connectivity index (χ2n) is 4.35. The highest BCUT2D eigenvalue weighted by atomic mass is 32.2. The van der Waals surface area contributed by atoms with E-state index in [-0.39, 0.29) is 22.4 Å². The lowest BCUT2D eigenvalue weighted by Gasteiger charge is -1.99. The van der Waals surface area contributed by atoms with E-state index in [1.807, 2.05) is 6.92 Å². The summed E-state index contributed by atoms with van der Waals surface area (Å²) >= 11 is 1.36. The van der Waals surface area contributed by atoms with Gasteiger partial charge in [-0.05, 0) is 12.2 Å². The number of aromatic amines is 2. The standard InChI is InChI=1S/C12H14N4O4S/c1-2-3-21-12-7(9(13)19)8-10(16-12)14-5(4-6(17)18)15-11(8)20/h2-4H2,1H3,(H2,13,19)(H,17,18)(H2,14,15,16,20). The molecule has 1 amide bonds. The molecule has 0 unspecified atom stereocenters. The number of fused-ring (bicyclic) bond motifs is 1. The van der Waals surface area contributed by atoms with E-state index in [2.05, 4.69) is 15.0 Å². The second-order valence-corrected chi connectivity index (χ2v) is 5.45. The summed E-state index contributed by atoms with van der Waals surface area (Å²) in [6, 6.07) is 0. The van der Waals surface area contributed by atoms with Crippen LogP contribution in [-0.2, 0) is 11.2 Å². The van der Waals surface area contributed by atoms with E-state index < -0.39 is 23.9 Å². The Morgan fingerprint density at radius 2 is 2.10 bits per heavy atom. The van der Waals surface area contributed by atoms with Gasteiger partial charge in [0.2, 0.25) is 0 Å². The van der Waals surface area contributed by atoms with E-state index in [1.165, 1.54) is 11.8 Å². The summed E-state index contributed by atoms with van der Waals surface area (Å²) in [5, 5.41) is 9.29. The van der Waals surface area contributed by atoms with Crippen LogP contribution in [0.2, 0.25) is 0 Å². The number of carbonyl (C=O) groups is 2. The number of carboxylic acids is 1. The van der Waals surface area contributed by atoms with Gasteiger partial charge in [-0.25, -0.2) is 4.98 Å². The summed E-state index contributed by atoms with van der Waals surface area (Å²) < 4.78 is 0. The van der Waals surface area contributed by atoms with Crippen LogP contribution in [0.25, 0.3) is 11.0 Å². The lowest BCUT2D eigenvalue weighted by Crippen LogP contribution is -2.18. The highest BCUT2D eigenvalue weighted by Crippen LogP contribution is 2.27. The first kappa shape index (κ1) is 15.1. The molecule has 0 aromatic carbocycles. The molecule has 0 radical (unpaired) electrons. The average molecular weight is 310 g/mol. The Labute approximate surface area is 123 Å². The summed E-state index contributed by atoms with van der Waals surface area (Å²) in [6.45, 7) is 1.98. The minimum Gasteiger partial charge on any atom is -0.481 e. The van der Waals surface area contributed by atoms with Gasteiger partial charge in [-0.3, -0.25) is 14.4 Å². The van der Waals surface area contributed by atoms with Crippen molar-refractivity contribution in [1.29, 1.82) is 0 Å². The van der Waals surface area contributed by atoms with E-state index in [9.17, 15) is 14.4 Å². The lowest BCUT2D eigenvalue weighted by atomic mass is 10.2. The number of nitrogens with two attached hydrogens (primary N) is 1. The van der Waals surface area contributed by atoms with E-state index in [1.54, 1.807) is 0 Å². The van der Waals surface area contributed by atoms with E-state index in [4.69, 9.17) is 10.8 Å². The van der Waals surface area contributed by atoms with Crippen LogP contribution in [0.4, 0.5) is 0 Å². The maximum absolute atomic E-state index is 12.1. The Morgan fingerprint density at radius 3 is 2.67 bits per heavy atom. The molecule has 0 aliphatic heterocycles. The number of nitrogens with one attached hydrogen (secondary N) is 2. The fraction of sp³-hybridized carbons (Fsp3) is 0.333. The van der Waals surface area contributed by atoms with Gasteiger partial charge in [-0.2, -0.15) is 0 Å². The van der Waals surface area contributed by atoms with Crippen LogP contribution in [0.1, 0.15) is 29.5 Å². The molecule has 2 rings (SSSR count). The predicted molar refractivity (Wildman–Crippen MR) is 77.6 cm³/mol. The van der Waals surface area contributed by atoms with Gasteiger partial charge in [0, 0.05) is 0 Å². The van der Waals surface area contributed by atoms with Crippen molar-refractivity contribution in [3.05, 3.63) is 21.7 Å². The topological polar surface area (TPSA) is 142 Å². The highest BCUT2D eigenvalue weighted by molar-refractivity contribution is 7.99. The fourth-order valence-corrected chi connectivity index (χ4v) is 2.82. The van der Waals surface area contributed by atoms with Crippen LogP contribution in [-0.4, -0.2) is 37.7 Å². The van der Waals surface area contributed by atoms with Gasteiger partial charge >= 0.3 is 5.97 Å². The molecule has 0 spiro atoms. The van der Waals surface area contributed by atoms with Crippen LogP contribution in [0.3, 0.4) is 0 Å². The summed E-state index contributed by atoms with van der Waals surface area (Å²) in [7, 11) is 0. The van der Waals surface area contributed by atoms with Gasteiger partial charge in [0.05, 0.1) is 16.0 Å². The van der Waals surface area contributed by atoms with Crippen molar-refractivity contribution < 1.29 is 14.7 Å². The Morgan fingerprint density at radius 1 is 1.38 bits per heavy atom. The molecule has 2 heterocycles. The van der Waals surface area contributed by atoms with Crippen molar-refractivity contribution in [3.63, 3.8) is 0 Å². The molecule has 0 aliphatic rings. The van der Waals surface area contributed by atoms with E-state index in [0.29, 0.717) is 5.03 Å². The molecule has 9 heteroatoms. The van der Waals surface area contributed by atoms with Crippen molar-refractivity contribution in [1.82, 2.24) is 15.0 Å². The molecule has 0 saturated heterocycles. The molecule has 0 fully saturated rings. The molecule has 2 aromatic rings. The average Bonchev–Trinajstić information content (AvgIpc) is 2.74. The molecule has 8 nitrogen and oxygen atoms in total. The minimum absolute atomic E-state index is 0.0179. The fourth-order valence-electron chi connectivity index (χ4n) is 1.90. The zero-order chi connectivity index (χ0) is 15.6. The maximum Gasteiger partial charge on any atom is 0.311 e. The number of hydrogen-bond donors (Lipinski definition) is 4. The smallest absolute Gasteiger partial charge is 0.311 e. The van der Waals surface area contributed by atoms with Crippen LogP contribution in [0.15, 0.2) is 9.82 Å². The molecule has 0 bridgehead atoms. The van der Waals surface area contributed by atoms with Crippen LogP contribution >= 0.6 is 11.8 Å². The molecular weight excluding hydrogens is 296 g/mol. The van der Waals surface area contributed by atoms with Crippen LogP contribution in [0, 0.1) is 0 Å². The third kappa shape index (κ3) is 3.07. The number of hydrogen-bond acceptors (Lipinski definition) is 5. The summed E-state index contributed by atoms with van der Waals surface area (Å²) in [6.07, 6.45) is 0.472. The first-order valence-electron chi connectivity index (χ1n) is 6.23. The molecule has 0 atom stereocenters. The predicted octanol–water partition coefficient (Wildman–Crippen LogP) is 0.479. The van der Waals surface area contributed by atoms with Crippen molar-refractivity contribution in [3.8, 4) is 0 Å². The van der Waals surface area contributed by atoms with Crippen LogP contribution in [0.5, 0.6) is 0 Å². The number of H-pyrrole nitrogens is 2. The molecule has 0 aliphatic carbocycles. The summed E-state index contributed by atoms with van der Waals surface area (Å²) in [5.41, 5.74) is 5.02. The minimum atomic E-state index is -1.11. The van der Waals surface area contributed by atoms with Gasteiger partial charge in [0.25, 0.3) is 11.5 Å². The van der Waals surface area contributed by atoms with Gasteiger partial charge in [0.1, 0.15) is 17.9 Å². The molecular formula is C12H14N4O4S. The Balaban J connectivity index is 2.63. The Hall–Kier alpha value is -2.29. The normalized spacial score (nSPS) is 10.9. The Bertz CT molecular complexity index is 764. The first-order chi connectivity index (χ1) is 9.93. The number of primary amides is 1. The van der Waals surface area contributed by atoms with Crippen molar-refractivity contribution in [2.24, 2.45) is 5.73 Å². The lowest BCUT2D eigenvalue weighted by molar-refractivity contribution is -0.136. The molecule has 0 saturated carbocycles. The molecule has 5 N–H and O–H groups in total. The van der Waals surface area contributed by atoms with Gasteiger partial charge in [-0.1, -0.05) is 6.92 Å². The van der Waals surface area contributed by atoms with Crippen molar-refractivity contribution >= 4 is 34.7 Å². The number of amides is 1. The molecule has 112 valence electrons. The third-order valence-corrected chi connectivity index (χ3v) is 3.90. The zero-order valence-electron chi connectivity index (χ0n) is 11.2.